The van der Waals surface area contributed by atoms with Gasteiger partial charge in [0.25, 0.3) is 0 Å². The average Bonchev–Trinajstić information content (AvgIpc) is 2.81. The van der Waals surface area contributed by atoms with Crippen molar-refractivity contribution < 1.29 is 4.79 Å². The predicted octanol–water partition coefficient (Wildman–Crippen LogP) is 6.50. The van der Waals surface area contributed by atoms with E-state index in [1.165, 1.54) is 17.3 Å². The molecule has 4 nitrogen and oxygen atoms in total. The molecule has 0 fully saturated rings. The molecule has 0 saturated carbocycles. The van der Waals surface area contributed by atoms with Crippen molar-refractivity contribution in [3.05, 3.63) is 95.5 Å². The lowest BCUT2D eigenvalue weighted by Gasteiger charge is -2.07. The molecule has 0 atom stereocenters. The van der Waals surface area contributed by atoms with Gasteiger partial charge in [0.1, 0.15) is 5.03 Å². The molecular formula is C25H20ClN3OS. The minimum absolute atomic E-state index is 0.118. The predicted molar refractivity (Wildman–Crippen MR) is 128 cm³/mol. The Kier molecular flexibility index (Phi) is 6.65. The molecule has 1 aromatic heterocycles. The quantitative estimate of drug-likeness (QED) is 0.344. The van der Waals surface area contributed by atoms with E-state index in [0.29, 0.717) is 15.7 Å². The van der Waals surface area contributed by atoms with Crippen LogP contribution in [0.25, 0.3) is 22.4 Å². The number of benzene rings is 3. The van der Waals surface area contributed by atoms with E-state index in [2.05, 4.69) is 39.8 Å². The van der Waals surface area contributed by atoms with E-state index in [4.69, 9.17) is 11.6 Å². The average molecular weight is 446 g/mol. The normalized spacial score (nSPS) is 10.6. The van der Waals surface area contributed by atoms with Gasteiger partial charge in [-0.05, 0) is 47.9 Å². The summed E-state index contributed by atoms with van der Waals surface area (Å²) >= 11 is 7.44. The van der Waals surface area contributed by atoms with Crippen LogP contribution >= 0.6 is 23.4 Å². The Balaban J connectivity index is 1.34. The second-order valence-corrected chi connectivity index (χ2v) is 8.40. The maximum atomic E-state index is 12.2. The molecule has 1 heterocycles. The van der Waals surface area contributed by atoms with E-state index in [9.17, 15) is 4.79 Å². The number of rotatable bonds is 6. The van der Waals surface area contributed by atoms with Crippen molar-refractivity contribution in [1.82, 2.24) is 10.2 Å². The Labute approximate surface area is 190 Å². The summed E-state index contributed by atoms with van der Waals surface area (Å²) in [6, 6.07) is 27.7. The monoisotopic (exact) mass is 445 g/mol. The van der Waals surface area contributed by atoms with Crippen molar-refractivity contribution in [2.24, 2.45) is 0 Å². The topological polar surface area (TPSA) is 54.9 Å². The molecule has 6 heteroatoms. The van der Waals surface area contributed by atoms with E-state index in [1.54, 1.807) is 6.07 Å². The number of carbonyl (C=O) groups excluding carboxylic acids is 1. The number of aryl methyl sites for hydroxylation is 1. The number of nitrogens with one attached hydrogen (secondary N) is 1. The summed E-state index contributed by atoms with van der Waals surface area (Å²) in [5.41, 5.74) is 5.78. The Morgan fingerprint density at radius 1 is 0.871 bits per heavy atom. The zero-order valence-corrected chi connectivity index (χ0v) is 18.5. The first-order valence-electron chi connectivity index (χ1n) is 9.77. The van der Waals surface area contributed by atoms with Crippen LogP contribution in [0.2, 0.25) is 5.02 Å². The molecule has 0 bridgehead atoms. The molecule has 31 heavy (non-hydrogen) atoms. The largest absolute Gasteiger partial charge is 0.325 e. The highest BCUT2D eigenvalue weighted by Crippen LogP contribution is 2.25. The van der Waals surface area contributed by atoms with Crippen LogP contribution in [0.15, 0.2) is 90.0 Å². The third kappa shape index (κ3) is 5.51. The van der Waals surface area contributed by atoms with Gasteiger partial charge in [0.2, 0.25) is 5.91 Å². The molecule has 4 aromatic rings. The lowest BCUT2D eigenvalue weighted by Crippen LogP contribution is -2.14. The Hall–Kier alpha value is -3.15. The Bertz CT molecular complexity index is 1180. The SMILES string of the molecule is Cc1ccc(NC(=O)CSc2ccc(-c3ccc(-c4ccccc4)cc3)nn2)cc1Cl. The van der Waals surface area contributed by atoms with Gasteiger partial charge in [-0.25, -0.2) is 0 Å². The summed E-state index contributed by atoms with van der Waals surface area (Å²) in [6.07, 6.45) is 0. The van der Waals surface area contributed by atoms with Crippen molar-refractivity contribution >= 4 is 35.0 Å². The standard InChI is InChI=1S/C25H20ClN3OS/c1-17-7-12-21(15-22(17)26)27-24(30)16-31-25-14-13-23(28-29-25)20-10-8-19(9-11-20)18-5-3-2-4-6-18/h2-15H,16H2,1H3,(H,27,30). The van der Waals surface area contributed by atoms with Crippen LogP contribution in [0.4, 0.5) is 5.69 Å². The van der Waals surface area contributed by atoms with Gasteiger partial charge in [0, 0.05) is 16.3 Å². The summed E-state index contributed by atoms with van der Waals surface area (Å²) in [7, 11) is 0. The molecule has 1 N–H and O–H groups in total. The van der Waals surface area contributed by atoms with Gasteiger partial charge in [-0.3, -0.25) is 4.79 Å². The summed E-state index contributed by atoms with van der Waals surface area (Å²) in [6.45, 7) is 1.92. The van der Waals surface area contributed by atoms with Crippen molar-refractivity contribution in [1.29, 1.82) is 0 Å². The third-order valence-electron chi connectivity index (χ3n) is 4.73. The van der Waals surface area contributed by atoms with Crippen LogP contribution in [0.1, 0.15) is 5.56 Å². The van der Waals surface area contributed by atoms with Crippen LogP contribution < -0.4 is 5.32 Å². The molecule has 0 unspecified atom stereocenters. The lowest BCUT2D eigenvalue weighted by molar-refractivity contribution is -0.113. The van der Waals surface area contributed by atoms with Crippen molar-refractivity contribution in [2.75, 3.05) is 11.1 Å². The van der Waals surface area contributed by atoms with Crippen molar-refractivity contribution in [3.8, 4) is 22.4 Å². The number of hydrogen-bond acceptors (Lipinski definition) is 4. The molecule has 0 aliphatic rings. The number of hydrogen-bond donors (Lipinski definition) is 1. The highest BCUT2D eigenvalue weighted by Gasteiger charge is 2.08. The highest BCUT2D eigenvalue weighted by atomic mass is 35.5. The number of nitrogens with zero attached hydrogens (tertiary/aromatic N) is 2. The molecule has 1 amide bonds. The fourth-order valence-corrected chi connectivity index (χ4v) is 3.82. The lowest BCUT2D eigenvalue weighted by atomic mass is 10.0. The van der Waals surface area contributed by atoms with Gasteiger partial charge in [-0.2, -0.15) is 0 Å². The van der Waals surface area contributed by atoms with E-state index < -0.39 is 0 Å². The molecule has 0 saturated heterocycles. The van der Waals surface area contributed by atoms with Gasteiger partial charge >= 0.3 is 0 Å². The van der Waals surface area contributed by atoms with Crippen molar-refractivity contribution in [3.63, 3.8) is 0 Å². The van der Waals surface area contributed by atoms with Gasteiger partial charge in [-0.15, -0.1) is 10.2 Å². The van der Waals surface area contributed by atoms with Crippen LogP contribution in [-0.4, -0.2) is 21.9 Å². The fourth-order valence-electron chi connectivity index (χ4n) is 3.02. The highest BCUT2D eigenvalue weighted by molar-refractivity contribution is 7.99. The molecule has 3 aromatic carbocycles. The van der Waals surface area contributed by atoms with Crippen LogP contribution in [0.3, 0.4) is 0 Å². The number of carbonyl (C=O) groups is 1. The number of aromatic nitrogens is 2. The number of thioether (sulfide) groups is 1. The first kappa shape index (κ1) is 21.1. The first-order chi connectivity index (χ1) is 15.1. The Morgan fingerprint density at radius 2 is 1.58 bits per heavy atom. The number of amides is 1. The molecule has 154 valence electrons. The van der Waals surface area contributed by atoms with Crippen LogP contribution in [-0.2, 0) is 4.79 Å². The minimum Gasteiger partial charge on any atom is -0.325 e. The Morgan fingerprint density at radius 3 is 2.26 bits per heavy atom. The molecule has 4 rings (SSSR count). The smallest absolute Gasteiger partial charge is 0.234 e. The van der Waals surface area contributed by atoms with E-state index >= 15 is 0 Å². The molecular weight excluding hydrogens is 426 g/mol. The summed E-state index contributed by atoms with van der Waals surface area (Å²) < 4.78 is 0. The fraction of sp³-hybridized carbons (Fsp3) is 0.0800. The zero-order valence-electron chi connectivity index (χ0n) is 16.9. The summed E-state index contributed by atoms with van der Waals surface area (Å²) in [4.78, 5) is 12.2. The second-order valence-electron chi connectivity index (χ2n) is 7.00. The van der Waals surface area contributed by atoms with Gasteiger partial charge in [0.15, 0.2) is 0 Å². The second kappa shape index (κ2) is 9.77. The van der Waals surface area contributed by atoms with Gasteiger partial charge < -0.3 is 5.32 Å². The molecule has 0 aliphatic carbocycles. The van der Waals surface area contributed by atoms with Gasteiger partial charge in [0.05, 0.1) is 11.4 Å². The van der Waals surface area contributed by atoms with Crippen LogP contribution in [0, 0.1) is 6.92 Å². The molecule has 0 spiro atoms. The molecule has 0 radical (unpaired) electrons. The number of anilines is 1. The van der Waals surface area contributed by atoms with Crippen LogP contribution in [0.5, 0.6) is 0 Å². The van der Waals surface area contributed by atoms with Gasteiger partial charge in [-0.1, -0.05) is 84.0 Å². The first-order valence-corrected chi connectivity index (χ1v) is 11.1. The van der Waals surface area contributed by atoms with E-state index in [1.807, 2.05) is 61.5 Å². The third-order valence-corrected chi connectivity index (χ3v) is 6.06. The summed E-state index contributed by atoms with van der Waals surface area (Å²) in [5, 5.41) is 12.7. The maximum Gasteiger partial charge on any atom is 0.234 e. The summed E-state index contributed by atoms with van der Waals surface area (Å²) in [5.74, 6) is 0.123. The van der Waals surface area contributed by atoms with E-state index in [-0.39, 0.29) is 11.7 Å². The maximum absolute atomic E-state index is 12.2. The zero-order chi connectivity index (χ0) is 21.6. The number of halogens is 1. The minimum atomic E-state index is -0.118. The molecule has 0 aliphatic heterocycles. The van der Waals surface area contributed by atoms with E-state index in [0.717, 1.165) is 22.4 Å². The van der Waals surface area contributed by atoms with Crippen molar-refractivity contribution in [2.45, 2.75) is 11.9 Å².